The SMILES string of the molecule is CO/N=C1/CCn2nc(C(C)C)nc2C(C)(C(C)C)C1. The molecule has 5 nitrogen and oxygen atoms in total. The second kappa shape index (κ2) is 5.54. The van der Waals surface area contributed by atoms with Crippen molar-refractivity contribution < 1.29 is 4.84 Å². The van der Waals surface area contributed by atoms with E-state index < -0.39 is 0 Å². The van der Waals surface area contributed by atoms with Crippen molar-refractivity contribution in [1.29, 1.82) is 0 Å². The fourth-order valence-electron chi connectivity index (χ4n) is 2.68. The highest BCUT2D eigenvalue weighted by atomic mass is 16.6. The number of rotatable bonds is 3. The number of hydrogen-bond donors (Lipinski definition) is 0. The predicted molar refractivity (Wildman–Crippen MR) is 80.0 cm³/mol. The minimum atomic E-state index is -0.0476. The summed E-state index contributed by atoms with van der Waals surface area (Å²) in [6.45, 7) is 11.9. The van der Waals surface area contributed by atoms with Crippen LogP contribution in [0, 0.1) is 5.92 Å². The van der Waals surface area contributed by atoms with Gasteiger partial charge in [0.1, 0.15) is 12.9 Å². The summed E-state index contributed by atoms with van der Waals surface area (Å²) in [5.41, 5.74) is 1.05. The average molecular weight is 278 g/mol. The van der Waals surface area contributed by atoms with Crippen LogP contribution in [0.1, 0.15) is 65.0 Å². The van der Waals surface area contributed by atoms with Crippen molar-refractivity contribution in [1.82, 2.24) is 14.8 Å². The Kier molecular flexibility index (Phi) is 4.16. The average Bonchev–Trinajstić information content (AvgIpc) is 2.75. The molecule has 0 bridgehead atoms. The molecular formula is C15H26N4O. The molecule has 0 saturated heterocycles. The molecule has 0 saturated carbocycles. The molecular weight excluding hydrogens is 252 g/mol. The Labute approximate surface area is 121 Å². The van der Waals surface area contributed by atoms with Gasteiger partial charge in [0.25, 0.3) is 0 Å². The van der Waals surface area contributed by atoms with Gasteiger partial charge in [-0.25, -0.2) is 9.67 Å². The first-order chi connectivity index (χ1) is 9.38. The summed E-state index contributed by atoms with van der Waals surface area (Å²) < 4.78 is 2.08. The van der Waals surface area contributed by atoms with Gasteiger partial charge in [-0.2, -0.15) is 5.10 Å². The van der Waals surface area contributed by atoms with Crippen molar-refractivity contribution in [3.8, 4) is 0 Å². The van der Waals surface area contributed by atoms with E-state index in [1.54, 1.807) is 7.11 Å². The fraction of sp³-hybridized carbons (Fsp3) is 0.800. The molecule has 0 aliphatic carbocycles. The van der Waals surface area contributed by atoms with Gasteiger partial charge in [-0.3, -0.25) is 0 Å². The third-order valence-electron chi connectivity index (χ3n) is 4.39. The lowest BCUT2D eigenvalue weighted by Gasteiger charge is -2.31. The minimum Gasteiger partial charge on any atom is -0.399 e. The van der Waals surface area contributed by atoms with E-state index in [-0.39, 0.29) is 5.41 Å². The van der Waals surface area contributed by atoms with Gasteiger partial charge >= 0.3 is 0 Å². The molecule has 0 fully saturated rings. The van der Waals surface area contributed by atoms with Crippen molar-refractivity contribution in [2.45, 2.75) is 65.3 Å². The van der Waals surface area contributed by atoms with Crippen LogP contribution in [0.5, 0.6) is 0 Å². The number of nitrogens with zero attached hydrogens (tertiary/aromatic N) is 4. The Morgan fingerprint density at radius 3 is 2.55 bits per heavy atom. The third-order valence-corrected chi connectivity index (χ3v) is 4.39. The molecule has 2 heterocycles. The van der Waals surface area contributed by atoms with Crippen molar-refractivity contribution in [3.63, 3.8) is 0 Å². The van der Waals surface area contributed by atoms with E-state index >= 15 is 0 Å². The predicted octanol–water partition coefficient (Wildman–Crippen LogP) is 3.11. The van der Waals surface area contributed by atoms with Gasteiger partial charge in [0.05, 0.1) is 5.71 Å². The summed E-state index contributed by atoms with van der Waals surface area (Å²) in [5.74, 6) is 2.86. The van der Waals surface area contributed by atoms with Gasteiger partial charge in [0, 0.05) is 30.7 Å². The van der Waals surface area contributed by atoms with Crippen LogP contribution in [0.2, 0.25) is 0 Å². The van der Waals surface area contributed by atoms with Gasteiger partial charge in [0.15, 0.2) is 5.82 Å². The standard InChI is InChI=1S/C15H26N4O/c1-10(2)13-16-14-15(5,11(3)4)9-12(18-20-6)7-8-19(14)17-13/h10-11H,7-9H2,1-6H3/b18-12-. The van der Waals surface area contributed by atoms with Crippen LogP contribution < -0.4 is 0 Å². The summed E-state index contributed by atoms with van der Waals surface area (Å²) in [6, 6.07) is 0. The summed E-state index contributed by atoms with van der Waals surface area (Å²) in [6.07, 6.45) is 1.76. The van der Waals surface area contributed by atoms with Gasteiger partial charge in [-0.05, 0) is 5.92 Å². The Morgan fingerprint density at radius 2 is 2.00 bits per heavy atom. The summed E-state index contributed by atoms with van der Waals surface area (Å²) in [5, 5.41) is 8.88. The first-order valence-electron chi connectivity index (χ1n) is 7.42. The highest BCUT2D eigenvalue weighted by Gasteiger charge is 2.39. The van der Waals surface area contributed by atoms with Crippen LogP contribution in [0.3, 0.4) is 0 Å². The van der Waals surface area contributed by atoms with Crippen molar-refractivity contribution in [2.24, 2.45) is 11.1 Å². The van der Waals surface area contributed by atoms with E-state index in [0.29, 0.717) is 11.8 Å². The van der Waals surface area contributed by atoms with E-state index in [9.17, 15) is 0 Å². The molecule has 1 aromatic rings. The Bertz CT molecular complexity index is 504. The molecule has 2 rings (SSSR count). The first kappa shape index (κ1) is 15.0. The van der Waals surface area contributed by atoms with Crippen LogP contribution in [-0.2, 0) is 16.8 Å². The highest BCUT2D eigenvalue weighted by molar-refractivity contribution is 5.85. The summed E-state index contributed by atoms with van der Waals surface area (Å²) >= 11 is 0. The fourth-order valence-corrected chi connectivity index (χ4v) is 2.68. The molecule has 20 heavy (non-hydrogen) atoms. The zero-order valence-corrected chi connectivity index (χ0v) is 13.5. The summed E-state index contributed by atoms with van der Waals surface area (Å²) in [7, 11) is 1.61. The first-order valence-corrected chi connectivity index (χ1v) is 7.42. The van der Waals surface area contributed by atoms with Gasteiger partial charge < -0.3 is 4.84 Å². The molecule has 1 atom stereocenters. The maximum absolute atomic E-state index is 4.99. The smallest absolute Gasteiger partial charge is 0.153 e. The quantitative estimate of drug-likeness (QED) is 0.798. The molecule has 1 aromatic heterocycles. The van der Waals surface area contributed by atoms with Crippen LogP contribution in [0.15, 0.2) is 5.16 Å². The zero-order chi connectivity index (χ0) is 14.9. The second-order valence-electron chi connectivity index (χ2n) is 6.51. The molecule has 0 amide bonds. The number of fused-ring (bicyclic) bond motifs is 1. The maximum Gasteiger partial charge on any atom is 0.153 e. The summed E-state index contributed by atoms with van der Waals surface area (Å²) in [4.78, 5) is 9.82. The minimum absolute atomic E-state index is 0.0476. The van der Waals surface area contributed by atoms with Crippen LogP contribution in [0.4, 0.5) is 0 Å². The second-order valence-corrected chi connectivity index (χ2v) is 6.51. The van der Waals surface area contributed by atoms with Gasteiger partial charge in [-0.15, -0.1) is 0 Å². The molecule has 112 valence electrons. The molecule has 0 radical (unpaired) electrons. The highest BCUT2D eigenvalue weighted by Crippen LogP contribution is 2.37. The van der Waals surface area contributed by atoms with Crippen molar-refractivity contribution in [2.75, 3.05) is 7.11 Å². The monoisotopic (exact) mass is 278 g/mol. The Hall–Kier alpha value is -1.39. The number of aryl methyl sites for hydroxylation is 1. The van der Waals surface area contributed by atoms with Crippen molar-refractivity contribution in [3.05, 3.63) is 11.6 Å². The molecule has 1 aliphatic heterocycles. The Balaban J connectivity index is 2.48. The largest absolute Gasteiger partial charge is 0.399 e. The molecule has 1 unspecified atom stereocenters. The zero-order valence-electron chi connectivity index (χ0n) is 13.5. The third kappa shape index (κ3) is 2.58. The lowest BCUT2D eigenvalue weighted by Crippen LogP contribution is -2.33. The number of oxime groups is 1. The van der Waals surface area contributed by atoms with Gasteiger partial charge in [0.2, 0.25) is 0 Å². The van der Waals surface area contributed by atoms with Gasteiger partial charge in [-0.1, -0.05) is 39.8 Å². The molecule has 0 N–H and O–H groups in total. The van der Waals surface area contributed by atoms with Crippen LogP contribution >= 0.6 is 0 Å². The molecule has 5 heteroatoms. The van der Waals surface area contributed by atoms with E-state index in [1.165, 1.54) is 0 Å². The van der Waals surface area contributed by atoms with E-state index in [4.69, 9.17) is 14.9 Å². The maximum atomic E-state index is 4.99. The number of hydrogen-bond acceptors (Lipinski definition) is 4. The van der Waals surface area contributed by atoms with Crippen LogP contribution in [0.25, 0.3) is 0 Å². The van der Waals surface area contributed by atoms with E-state index in [0.717, 1.165) is 36.7 Å². The van der Waals surface area contributed by atoms with Crippen LogP contribution in [-0.4, -0.2) is 27.6 Å². The molecule has 0 spiro atoms. The van der Waals surface area contributed by atoms with Crippen molar-refractivity contribution >= 4 is 5.71 Å². The van der Waals surface area contributed by atoms with E-state index in [2.05, 4.69) is 44.5 Å². The Morgan fingerprint density at radius 1 is 1.30 bits per heavy atom. The lowest BCUT2D eigenvalue weighted by atomic mass is 9.74. The lowest BCUT2D eigenvalue weighted by molar-refractivity contribution is 0.209. The van der Waals surface area contributed by atoms with E-state index in [1.807, 2.05) is 0 Å². The molecule has 1 aliphatic rings. The topological polar surface area (TPSA) is 52.3 Å². The molecule has 0 aromatic carbocycles. The number of aromatic nitrogens is 3. The normalized spacial score (nSPS) is 25.1.